The monoisotopic (exact) mass is 147 g/mol. The molecule has 10 heavy (non-hydrogen) atoms. The van der Waals surface area contributed by atoms with Crippen LogP contribution in [-0.4, -0.2) is 35.8 Å². The maximum absolute atomic E-state index is 9.17. The van der Waals surface area contributed by atoms with Gasteiger partial charge >= 0.3 is 6.10 Å². The summed E-state index contributed by atoms with van der Waals surface area (Å²) >= 11 is 0. The van der Waals surface area contributed by atoms with E-state index in [1.807, 2.05) is 0 Å². The maximum Gasteiger partial charge on any atom is 0.350 e. The van der Waals surface area contributed by atoms with E-state index >= 15 is 0 Å². The third-order valence-corrected chi connectivity index (χ3v) is 1.76. The highest BCUT2D eigenvalue weighted by molar-refractivity contribution is 4.77. The van der Waals surface area contributed by atoms with Gasteiger partial charge in [-0.1, -0.05) is 0 Å². The number of fused-ring (bicyclic) bond motifs is 3. The van der Waals surface area contributed by atoms with Gasteiger partial charge in [-0.15, -0.1) is 0 Å². The van der Waals surface area contributed by atoms with E-state index in [-0.39, 0.29) is 5.92 Å². The molecule has 5 heteroatoms. The van der Waals surface area contributed by atoms with Gasteiger partial charge in [0.15, 0.2) is 6.29 Å². The van der Waals surface area contributed by atoms with Crippen LogP contribution in [0.25, 0.3) is 0 Å². The molecule has 3 atom stereocenters. The van der Waals surface area contributed by atoms with Gasteiger partial charge in [0.05, 0.1) is 6.61 Å². The van der Waals surface area contributed by atoms with Crippen molar-refractivity contribution in [1.29, 1.82) is 0 Å². The summed E-state index contributed by atoms with van der Waals surface area (Å²) in [6, 6.07) is 0. The summed E-state index contributed by atoms with van der Waals surface area (Å²) in [5.41, 5.74) is 0. The Bertz CT molecular complexity index is 143. The molecular weight excluding hydrogens is 138 g/mol. The Morgan fingerprint density at radius 3 is 2.70 bits per heavy atom. The Hall–Kier alpha value is -0.200. The summed E-state index contributed by atoms with van der Waals surface area (Å²) in [4.78, 5) is 0. The minimum Gasteiger partial charge on any atom is -0.367 e. The molecule has 0 radical (unpaired) electrons. The smallest absolute Gasteiger partial charge is 0.350 e. The normalized spacial score (nSPS) is 53.4. The molecule has 2 bridgehead atoms. The average Bonchev–Trinajstić information content (AvgIpc) is 1.87. The van der Waals surface area contributed by atoms with E-state index in [4.69, 9.17) is 9.84 Å². The molecule has 3 N–H and O–H groups in total. The summed E-state index contributed by atoms with van der Waals surface area (Å²) in [7, 11) is 0. The maximum atomic E-state index is 9.17. The summed E-state index contributed by atoms with van der Waals surface area (Å²) in [5, 5.41) is 20.8. The number of aliphatic hydroxyl groups is 2. The molecule has 58 valence electrons. The average molecular weight is 147 g/mol. The number of rotatable bonds is 0. The Kier molecular flexibility index (Phi) is 1.23. The highest BCUT2D eigenvalue weighted by Gasteiger charge is 2.46. The SMILES string of the molecule is OC1OC2(O)NCC1CO2. The van der Waals surface area contributed by atoms with Crippen LogP contribution >= 0.6 is 0 Å². The van der Waals surface area contributed by atoms with Gasteiger partial charge in [0.25, 0.3) is 0 Å². The molecule has 5 nitrogen and oxygen atoms in total. The van der Waals surface area contributed by atoms with Gasteiger partial charge < -0.3 is 14.9 Å². The molecule has 3 aliphatic heterocycles. The van der Waals surface area contributed by atoms with Gasteiger partial charge in [-0.2, -0.15) is 0 Å². The van der Waals surface area contributed by atoms with Gasteiger partial charge in [-0.25, -0.2) is 5.32 Å². The van der Waals surface area contributed by atoms with E-state index < -0.39 is 12.4 Å². The van der Waals surface area contributed by atoms with Crippen LogP contribution in [0.5, 0.6) is 0 Å². The highest BCUT2D eigenvalue weighted by Crippen LogP contribution is 2.26. The first-order valence-corrected chi connectivity index (χ1v) is 3.17. The zero-order valence-electron chi connectivity index (χ0n) is 5.28. The number of aliphatic hydroxyl groups excluding tert-OH is 1. The van der Waals surface area contributed by atoms with Crippen LogP contribution < -0.4 is 5.32 Å². The zero-order valence-corrected chi connectivity index (χ0v) is 5.28. The Morgan fingerprint density at radius 2 is 2.40 bits per heavy atom. The summed E-state index contributed by atoms with van der Waals surface area (Å²) < 4.78 is 9.45. The molecular formula is C5H9NO4. The third kappa shape index (κ3) is 0.834. The minimum atomic E-state index is -1.74. The lowest BCUT2D eigenvalue weighted by Gasteiger charge is -2.44. The van der Waals surface area contributed by atoms with Crippen molar-refractivity contribution < 1.29 is 19.7 Å². The Labute approximate surface area is 57.6 Å². The van der Waals surface area contributed by atoms with Crippen LogP contribution in [0.3, 0.4) is 0 Å². The van der Waals surface area contributed by atoms with Gasteiger partial charge in [-0.05, 0) is 0 Å². The van der Waals surface area contributed by atoms with Crippen LogP contribution in [0, 0.1) is 5.92 Å². The van der Waals surface area contributed by atoms with E-state index in [9.17, 15) is 5.11 Å². The number of hydrogen-bond acceptors (Lipinski definition) is 5. The first kappa shape index (κ1) is 6.51. The number of nitrogens with one attached hydrogen (secondary N) is 1. The van der Waals surface area contributed by atoms with E-state index in [1.165, 1.54) is 0 Å². The van der Waals surface area contributed by atoms with E-state index in [1.54, 1.807) is 0 Å². The van der Waals surface area contributed by atoms with Crippen molar-refractivity contribution in [2.24, 2.45) is 5.92 Å². The lowest BCUT2D eigenvalue weighted by molar-refractivity contribution is -0.473. The van der Waals surface area contributed by atoms with Crippen molar-refractivity contribution in [2.45, 2.75) is 12.4 Å². The molecule has 3 unspecified atom stereocenters. The predicted molar refractivity (Wildman–Crippen MR) is 29.5 cm³/mol. The number of ether oxygens (including phenoxy) is 2. The van der Waals surface area contributed by atoms with Crippen LogP contribution in [-0.2, 0) is 9.47 Å². The van der Waals surface area contributed by atoms with Crippen molar-refractivity contribution >= 4 is 0 Å². The van der Waals surface area contributed by atoms with Crippen LogP contribution in [0.15, 0.2) is 0 Å². The molecule has 3 rings (SSSR count). The van der Waals surface area contributed by atoms with Crippen molar-refractivity contribution in [3.8, 4) is 0 Å². The predicted octanol–water partition coefficient (Wildman–Crippen LogP) is -1.83. The number of hydrogen-bond donors (Lipinski definition) is 3. The quantitative estimate of drug-likeness (QED) is 0.376. The van der Waals surface area contributed by atoms with E-state index in [2.05, 4.69) is 10.1 Å². The fraction of sp³-hybridized carbons (Fsp3) is 1.00. The van der Waals surface area contributed by atoms with Crippen LogP contribution in [0.4, 0.5) is 0 Å². The molecule has 3 aliphatic rings. The highest BCUT2D eigenvalue weighted by atomic mass is 16.9. The standard InChI is InChI=1S/C5H9NO4/c7-4-3-1-6-5(8,10-4)9-2-3/h3-4,6-8H,1-2H2. The van der Waals surface area contributed by atoms with E-state index in [0.29, 0.717) is 13.2 Å². The Balaban J connectivity index is 2.14. The van der Waals surface area contributed by atoms with Crippen molar-refractivity contribution in [1.82, 2.24) is 5.32 Å². The molecule has 0 aliphatic carbocycles. The zero-order chi connectivity index (χ0) is 7.19. The second-order valence-electron chi connectivity index (χ2n) is 2.54. The molecule has 3 fully saturated rings. The van der Waals surface area contributed by atoms with Crippen molar-refractivity contribution in [3.05, 3.63) is 0 Å². The lowest BCUT2D eigenvalue weighted by Crippen LogP contribution is -2.66. The van der Waals surface area contributed by atoms with E-state index in [0.717, 1.165) is 0 Å². The summed E-state index contributed by atoms with van der Waals surface area (Å²) in [6.45, 7) is 0.863. The molecule has 0 spiro atoms. The van der Waals surface area contributed by atoms with Gasteiger partial charge in [0.1, 0.15) is 0 Å². The van der Waals surface area contributed by atoms with Crippen molar-refractivity contribution in [2.75, 3.05) is 13.2 Å². The van der Waals surface area contributed by atoms with Gasteiger partial charge in [0.2, 0.25) is 0 Å². The summed E-state index contributed by atoms with van der Waals surface area (Å²) in [5.74, 6) is -0.0611. The Morgan fingerprint density at radius 1 is 1.60 bits per heavy atom. The fourth-order valence-corrected chi connectivity index (χ4v) is 1.11. The molecule has 0 amide bonds. The van der Waals surface area contributed by atoms with Crippen LogP contribution in [0.2, 0.25) is 0 Å². The fourth-order valence-electron chi connectivity index (χ4n) is 1.11. The minimum absolute atomic E-state index is 0.0611. The topological polar surface area (TPSA) is 71.0 Å². The third-order valence-electron chi connectivity index (χ3n) is 1.76. The molecule has 3 heterocycles. The van der Waals surface area contributed by atoms with Crippen molar-refractivity contribution in [3.63, 3.8) is 0 Å². The molecule has 0 aromatic heterocycles. The van der Waals surface area contributed by atoms with Gasteiger partial charge in [-0.3, -0.25) is 4.74 Å². The molecule has 0 aromatic rings. The molecule has 0 saturated carbocycles. The first-order chi connectivity index (χ1) is 4.70. The first-order valence-electron chi connectivity index (χ1n) is 3.17. The molecule has 3 saturated heterocycles. The van der Waals surface area contributed by atoms with Crippen LogP contribution in [0.1, 0.15) is 0 Å². The second-order valence-corrected chi connectivity index (χ2v) is 2.54. The second kappa shape index (κ2) is 1.90. The largest absolute Gasteiger partial charge is 0.367 e. The lowest BCUT2D eigenvalue weighted by atomic mass is 10.1. The van der Waals surface area contributed by atoms with Gasteiger partial charge in [0, 0.05) is 12.5 Å². The molecule has 0 aromatic carbocycles. The summed E-state index contributed by atoms with van der Waals surface area (Å²) in [6.07, 6.45) is -2.64.